The molecule has 2 aromatic rings. The van der Waals surface area contributed by atoms with Gasteiger partial charge in [-0.15, -0.1) is 0 Å². The van der Waals surface area contributed by atoms with E-state index in [0.29, 0.717) is 30.2 Å². The summed E-state index contributed by atoms with van der Waals surface area (Å²) in [5.74, 6) is 1.64. The number of anilines is 1. The Morgan fingerprint density at radius 2 is 1.77 bits per heavy atom. The van der Waals surface area contributed by atoms with Gasteiger partial charge in [-0.25, -0.2) is 0 Å². The number of fused-ring (bicyclic) bond motifs is 1. The monoisotopic (exact) mass is 482 g/mol. The molecule has 1 saturated heterocycles. The maximum Gasteiger partial charge on any atom is 0.238 e. The smallest absolute Gasteiger partial charge is 0.238 e. The van der Waals surface area contributed by atoms with Crippen molar-refractivity contribution in [1.29, 1.82) is 0 Å². The van der Waals surface area contributed by atoms with Gasteiger partial charge in [0, 0.05) is 24.2 Å². The molecule has 0 aromatic heterocycles. The number of ether oxygens (including phenoxy) is 3. The van der Waals surface area contributed by atoms with Crippen LogP contribution in [0.15, 0.2) is 30.3 Å². The Morgan fingerprint density at radius 1 is 1.06 bits per heavy atom. The highest BCUT2D eigenvalue weighted by molar-refractivity contribution is 5.93. The van der Waals surface area contributed by atoms with Gasteiger partial charge >= 0.3 is 0 Å². The number of hydrogen-bond acceptors (Lipinski definition) is 6. The number of aliphatic hydroxyl groups is 1. The van der Waals surface area contributed by atoms with Gasteiger partial charge in [-0.1, -0.05) is 25.0 Å². The average molecular weight is 483 g/mol. The normalized spacial score (nSPS) is 24.4. The minimum Gasteiger partial charge on any atom is -0.493 e. The first-order valence-electron chi connectivity index (χ1n) is 12.4. The van der Waals surface area contributed by atoms with E-state index >= 15 is 0 Å². The number of nitrogens with zero attached hydrogens (tertiary/aromatic N) is 1. The van der Waals surface area contributed by atoms with Crippen LogP contribution in [0.2, 0.25) is 0 Å². The van der Waals surface area contributed by atoms with Crippen molar-refractivity contribution in [3.8, 4) is 17.2 Å². The zero-order valence-electron chi connectivity index (χ0n) is 21.5. The predicted octanol–water partition coefficient (Wildman–Crippen LogP) is 4.64. The molecule has 190 valence electrons. The van der Waals surface area contributed by atoms with Gasteiger partial charge in [0.1, 0.15) is 0 Å². The topological polar surface area (TPSA) is 80.3 Å². The molecule has 7 heteroatoms. The molecule has 0 bridgehead atoms. The van der Waals surface area contributed by atoms with Crippen LogP contribution in [-0.2, 0) is 4.79 Å². The van der Waals surface area contributed by atoms with Crippen molar-refractivity contribution in [2.24, 2.45) is 5.92 Å². The second-order valence-electron chi connectivity index (χ2n) is 9.95. The maximum absolute atomic E-state index is 13.2. The van der Waals surface area contributed by atoms with Crippen molar-refractivity contribution in [2.75, 3.05) is 39.7 Å². The third-order valence-electron chi connectivity index (χ3n) is 7.71. The molecule has 1 aliphatic carbocycles. The summed E-state index contributed by atoms with van der Waals surface area (Å²) in [6.07, 6.45) is 4.46. The van der Waals surface area contributed by atoms with Gasteiger partial charge in [-0.05, 0) is 68.0 Å². The minimum absolute atomic E-state index is 0.0151. The van der Waals surface area contributed by atoms with Crippen molar-refractivity contribution in [1.82, 2.24) is 4.90 Å². The first-order valence-corrected chi connectivity index (χ1v) is 12.4. The van der Waals surface area contributed by atoms with Crippen LogP contribution < -0.4 is 19.5 Å². The quantitative estimate of drug-likeness (QED) is 0.599. The Bertz CT molecular complexity index is 1050. The molecule has 2 aliphatic rings. The van der Waals surface area contributed by atoms with Crippen LogP contribution in [-0.4, -0.2) is 55.9 Å². The molecular weight excluding hydrogens is 444 g/mol. The van der Waals surface area contributed by atoms with Crippen molar-refractivity contribution in [3.05, 3.63) is 47.0 Å². The van der Waals surface area contributed by atoms with Gasteiger partial charge in [0.2, 0.25) is 11.7 Å². The summed E-state index contributed by atoms with van der Waals surface area (Å²) >= 11 is 0. The Labute approximate surface area is 208 Å². The molecule has 1 saturated carbocycles. The van der Waals surface area contributed by atoms with E-state index in [2.05, 4.69) is 10.2 Å². The number of piperidine rings is 1. The Kier molecular flexibility index (Phi) is 7.57. The van der Waals surface area contributed by atoms with Crippen molar-refractivity contribution >= 4 is 11.6 Å². The van der Waals surface area contributed by atoms with Crippen molar-refractivity contribution < 1.29 is 24.1 Å². The standard InChI is InChI=1S/C28H38N2O5/c1-18-9-10-19(2)22(14-18)29-25(31)17-30-13-12-28(32)11-7-6-8-21(28)26(30)20-15-23(33-3)27(35-5)24(16-20)34-4/h9-10,14-16,21,26,32H,6-8,11-13,17H2,1-5H3,(H,29,31). The van der Waals surface area contributed by atoms with Crippen LogP contribution >= 0.6 is 0 Å². The van der Waals surface area contributed by atoms with E-state index in [-0.39, 0.29) is 24.4 Å². The van der Waals surface area contributed by atoms with E-state index in [0.717, 1.165) is 48.1 Å². The molecule has 3 atom stereocenters. The average Bonchev–Trinajstić information content (AvgIpc) is 2.85. The number of rotatable bonds is 7. The fraction of sp³-hybridized carbons (Fsp3) is 0.536. The first kappa shape index (κ1) is 25.3. The van der Waals surface area contributed by atoms with Crippen LogP contribution in [0.25, 0.3) is 0 Å². The van der Waals surface area contributed by atoms with Crippen LogP contribution in [0.1, 0.15) is 54.8 Å². The Morgan fingerprint density at radius 3 is 2.43 bits per heavy atom. The third-order valence-corrected chi connectivity index (χ3v) is 7.71. The van der Waals surface area contributed by atoms with E-state index in [1.165, 1.54) is 0 Å². The van der Waals surface area contributed by atoms with Gasteiger partial charge in [-0.2, -0.15) is 0 Å². The lowest BCUT2D eigenvalue weighted by Gasteiger charge is -2.52. The van der Waals surface area contributed by atoms with Crippen LogP contribution in [0.4, 0.5) is 5.69 Å². The van der Waals surface area contributed by atoms with Crippen LogP contribution in [0.5, 0.6) is 17.2 Å². The SMILES string of the molecule is COc1cc(C2C3CCCCC3(O)CCN2CC(=O)Nc2cc(C)ccc2C)cc(OC)c1OC. The number of amides is 1. The summed E-state index contributed by atoms with van der Waals surface area (Å²) in [4.78, 5) is 15.4. The van der Waals surface area contributed by atoms with Crippen molar-refractivity contribution in [3.63, 3.8) is 0 Å². The lowest BCUT2D eigenvalue weighted by atomic mass is 9.66. The van der Waals surface area contributed by atoms with Gasteiger partial charge in [0.05, 0.1) is 33.5 Å². The van der Waals surface area contributed by atoms with E-state index in [1.807, 2.05) is 44.2 Å². The minimum atomic E-state index is -0.733. The number of nitrogens with one attached hydrogen (secondary N) is 1. The Hall–Kier alpha value is -2.77. The van der Waals surface area contributed by atoms with Crippen molar-refractivity contribution in [2.45, 2.75) is 57.6 Å². The molecule has 0 spiro atoms. The van der Waals surface area contributed by atoms with E-state index in [9.17, 15) is 9.90 Å². The zero-order valence-corrected chi connectivity index (χ0v) is 21.5. The zero-order chi connectivity index (χ0) is 25.2. The maximum atomic E-state index is 13.2. The lowest BCUT2D eigenvalue weighted by molar-refractivity contribution is -0.135. The number of likely N-dealkylation sites (tertiary alicyclic amines) is 1. The van der Waals surface area contributed by atoms with Gasteiger partial charge in [-0.3, -0.25) is 9.69 Å². The molecule has 2 aromatic carbocycles. The Balaban J connectivity index is 1.68. The molecule has 4 rings (SSSR count). The first-order chi connectivity index (χ1) is 16.8. The molecule has 2 N–H and O–H groups in total. The molecule has 0 radical (unpaired) electrons. The number of hydrogen-bond donors (Lipinski definition) is 2. The summed E-state index contributed by atoms with van der Waals surface area (Å²) in [6, 6.07) is 9.84. The summed E-state index contributed by atoms with van der Waals surface area (Å²) in [6.45, 7) is 4.89. The molecule has 2 fully saturated rings. The molecule has 7 nitrogen and oxygen atoms in total. The van der Waals surface area contributed by atoms with Crippen LogP contribution in [0, 0.1) is 19.8 Å². The highest BCUT2D eigenvalue weighted by Gasteiger charge is 2.49. The third kappa shape index (κ3) is 5.11. The molecule has 1 aliphatic heterocycles. The van der Waals surface area contributed by atoms with Gasteiger partial charge in [0.25, 0.3) is 0 Å². The van der Waals surface area contributed by atoms with Gasteiger partial charge in [0.15, 0.2) is 11.5 Å². The summed E-state index contributed by atoms with van der Waals surface area (Å²) < 4.78 is 16.8. The number of benzene rings is 2. The lowest BCUT2D eigenvalue weighted by Crippen LogP contribution is -2.56. The number of carbonyl (C=O) groups is 1. The molecule has 3 unspecified atom stereocenters. The summed E-state index contributed by atoms with van der Waals surface area (Å²) in [5.41, 5.74) is 3.20. The highest BCUT2D eigenvalue weighted by Crippen LogP contribution is 2.51. The second-order valence-corrected chi connectivity index (χ2v) is 9.95. The fourth-order valence-corrected chi connectivity index (χ4v) is 5.88. The summed E-state index contributed by atoms with van der Waals surface area (Å²) in [5, 5.41) is 14.7. The largest absolute Gasteiger partial charge is 0.493 e. The number of aryl methyl sites for hydroxylation is 2. The molecule has 1 heterocycles. The number of carbonyl (C=O) groups excluding carboxylic acids is 1. The molecular formula is C28H38N2O5. The fourth-order valence-electron chi connectivity index (χ4n) is 5.88. The molecule has 35 heavy (non-hydrogen) atoms. The second kappa shape index (κ2) is 10.5. The summed E-state index contributed by atoms with van der Waals surface area (Å²) in [7, 11) is 4.80. The predicted molar refractivity (Wildman–Crippen MR) is 136 cm³/mol. The molecule has 1 amide bonds. The number of methoxy groups -OCH3 is 3. The van der Waals surface area contributed by atoms with E-state index < -0.39 is 5.60 Å². The van der Waals surface area contributed by atoms with Gasteiger partial charge < -0.3 is 24.6 Å². The van der Waals surface area contributed by atoms with E-state index in [4.69, 9.17) is 14.2 Å². The van der Waals surface area contributed by atoms with Crippen LogP contribution in [0.3, 0.4) is 0 Å². The highest BCUT2D eigenvalue weighted by atomic mass is 16.5. The van der Waals surface area contributed by atoms with E-state index in [1.54, 1.807) is 21.3 Å².